The first-order chi connectivity index (χ1) is 8.83. The van der Waals surface area contributed by atoms with Crippen LogP contribution >= 0.6 is 0 Å². The summed E-state index contributed by atoms with van der Waals surface area (Å²) < 4.78 is 5.40. The zero-order valence-corrected chi connectivity index (χ0v) is 10.8. The SMILES string of the molecule is NC1CCCCc2nc(CC3CCOC3)ncc21. The summed E-state index contributed by atoms with van der Waals surface area (Å²) in [5, 5.41) is 0. The maximum atomic E-state index is 6.16. The molecular formula is C14H21N3O. The Morgan fingerprint density at radius 1 is 1.33 bits per heavy atom. The Labute approximate surface area is 108 Å². The number of aromatic nitrogens is 2. The second kappa shape index (κ2) is 5.33. The molecule has 18 heavy (non-hydrogen) atoms. The lowest BCUT2D eigenvalue weighted by Gasteiger charge is -2.13. The van der Waals surface area contributed by atoms with Crippen molar-refractivity contribution in [3.05, 3.63) is 23.3 Å². The van der Waals surface area contributed by atoms with Crippen molar-refractivity contribution in [2.75, 3.05) is 13.2 Å². The van der Waals surface area contributed by atoms with Crippen LogP contribution in [0.1, 0.15) is 48.8 Å². The Morgan fingerprint density at radius 2 is 2.28 bits per heavy atom. The number of hydrogen-bond acceptors (Lipinski definition) is 4. The van der Waals surface area contributed by atoms with Crippen molar-refractivity contribution < 1.29 is 4.74 Å². The minimum absolute atomic E-state index is 0.131. The second-order valence-electron chi connectivity index (χ2n) is 5.47. The van der Waals surface area contributed by atoms with E-state index >= 15 is 0 Å². The number of nitrogens with two attached hydrogens (primary N) is 1. The highest BCUT2D eigenvalue weighted by atomic mass is 16.5. The third-order valence-electron chi connectivity index (χ3n) is 4.02. The molecule has 1 fully saturated rings. The van der Waals surface area contributed by atoms with E-state index in [0.717, 1.165) is 44.7 Å². The first kappa shape index (κ1) is 12.1. The summed E-state index contributed by atoms with van der Waals surface area (Å²) in [6, 6.07) is 0.131. The maximum Gasteiger partial charge on any atom is 0.128 e. The van der Waals surface area contributed by atoms with Crippen molar-refractivity contribution in [2.24, 2.45) is 11.7 Å². The van der Waals surface area contributed by atoms with Crippen molar-refractivity contribution in [2.45, 2.75) is 44.6 Å². The normalized spacial score (nSPS) is 27.8. The number of fused-ring (bicyclic) bond motifs is 1. The molecule has 98 valence electrons. The number of hydrogen-bond donors (Lipinski definition) is 1. The first-order valence-electron chi connectivity index (χ1n) is 7.01. The van der Waals surface area contributed by atoms with Gasteiger partial charge in [-0.15, -0.1) is 0 Å². The van der Waals surface area contributed by atoms with Gasteiger partial charge in [0.05, 0.1) is 0 Å². The van der Waals surface area contributed by atoms with Crippen molar-refractivity contribution in [3.8, 4) is 0 Å². The lowest BCUT2D eigenvalue weighted by atomic mass is 10.0. The Hall–Kier alpha value is -1.00. The van der Waals surface area contributed by atoms with Gasteiger partial charge in [-0.05, 0) is 31.6 Å². The Kier molecular flexibility index (Phi) is 3.57. The van der Waals surface area contributed by atoms with Gasteiger partial charge in [0.1, 0.15) is 5.82 Å². The average molecular weight is 247 g/mol. The molecule has 4 heteroatoms. The third kappa shape index (κ3) is 2.54. The van der Waals surface area contributed by atoms with Crippen LogP contribution in [0, 0.1) is 5.92 Å². The molecule has 0 radical (unpaired) electrons. The van der Waals surface area contributed by atoms with Crippen molar-refractivity contribution >= 4 is 0 Å². The monoisotopic (exact) mass is 247 g/mol. The van der Waals surface area contributed by atoms with Gasteiger partial charge >= 0.3 is 0 Å². The van der Waals surface area contributed by atoms with Gasteiger partial charge in [0.2, 0.25) is 0 Å². The van der Waals surface area contributed by atoms with Gasteiger partial charge in [0.25, 0.3) is 0 Å². The number of ether oxygens (including phenoxy) is 1. The quantitative estimate of drug-likeness (QED) is 0.809. The van der Waals surface area contributed by atoms with E-state index in [2.05, 4.69) is 4.98 Å². The van der Waals surface area contributed by atoms with E-state index in [1.807, 2.05) is 6.20 Å². The summed E-state index contributed by atoms with van der Waals surface area (Å²) in [5.41, 5.74) is 8.51. The van der Waals surface area contributed by atoms with Gasteiger partial charge in [-0.2, -0.15) is 0 Å². The molecule has 1 aliphatic heterocycles. The van der Waals surface area contributed by atoms with Crippen LogP contribution in [0.25, 0.3) is 0 Å². The minimum atomic E-state index is 0.131. The fourth-order valence-electron chi connectivity index (χ4n) is 2.89. The maximum absolute atomic E-state index is 6.16. The summed E-state index contributed by atoms with van der Waals surface area (Å²) in [4.78, 5) is 9.24. The topological polar surface area (TPSA) is 61.0 Å². The van der Waals surface area contributed by atoms with Crippen LogP contribution in [-0.2, 0) is 17.6 Å². The largest absolute Gasteiger partial charge is 0.381 e. The fourth-order valence-corrected chi connectivity index (χ4v) is 2.89. The highest BCUT2D eigenvalue weighted by molar-refractivity contribution is 5.23. The fraction of sp³-hybridized carbons (Fsp3) is 0.714. The first-order valence-corrected chi connectivity index (χ1v) is 7.01. The number of nitrogens with zero attached hydrogens (tertiary/aromatic N) is 2. The summed E-state index contributed by atoms with van der Waals surface area (Å²) >= 11 is 0. The summed E-state index contributed by atoms with van der Waals surface area (Å²) in [7, 11) is 0. The number of rotatable bonds is 2. The van der Waals surface area contributed by atoms with E-state index in [0.29, 0.717) is 5.92 Å². The highest BCUT2D eigenvalue weighted by Gasteiger charge is 2.20. The second-order valence-corrected chi connectivity index (χ2v) is 5.47. The standard InChI is InChI=1S/C14H21N3O/c15-12-3-1-2-4-13-11(12)8-16-14(17-13)7-10-5-6-18-9-10/h8,10,12H,1-7,9,15H2. The van der Waals surface area contributed by atoms with Crippen LogP contribution in [-0.4, -0.2) is 23.2 Å². The van der Waals surface area contributed by atoms with Crippen LogP contribution in [0.4, 0.5) is 0 Å². The molecule has 1 aromatic rings. The van der Waals surface area contributed by atoms with E-state index < -0.39 is 0 Å². The van der Waals surface area contributed by atoms with Gasteiger partial charge in [-0.1, -0.05) is 6.42 Å². The van der Waals surface area contributed by atoms with E-state index in [1.54, 1.807) is 0 Å². The van der Waals surface area contributed by atoms with Crippen molar-refractivity contribution in [1.29, 1.82) is 0 Å². The molecule has 2 aliphatic rings. The van der Waals surface area contributed by atoms with E-state index in [-0.39, 0.29) is 6.04 Å². The lowest BCUT2D eigenvalue weighted by Crippen LogP contribution is -2.14. The summed E-state index contributed by atoms with van der Waals surface area (Å²) in [6.45, 7) is 1.75. The van der Waals surface area contributed by atoms with Gasteiger partial charge in [-0.25, -0.2) is 9.97 Å². The molecule has 2 unspecified atom stereocenters. The molecule has 1 aromatic heterocycles. The van der Waals surface area contributed by atoms with Crippen LogP contribution in [0.2, 0.25) is 0 Å². The Morgan fingerprint density at radius 3 is 3.11 bits per heavy atom. The Balaban J connectivity index is 1.78. The van der Waals surface area contributed by atoms with Gasteiger partial charge in [-0.3, -0.25) is 0 Å². The van der Waals surface area contributed by atoms with Crippen molar-refractivity contribution in [3.63, 3.8) is 0 Å². The van der Waals surface area contributed by atoms with E-state index in [4.69, 9.17) is 15.5 Å². The molecule has 3 rings (SSSR count). The molecule has 2 heterocycles. The van der Waals surface area contributed by atoms with Gasteiger partial charge < -0.3 is 10.5 Å². The predicted molar refractivity (Wildman–Crippen MR) is 69.1 cm³/mol. The zero-order chi connectivity index (χ0) is 12.4. The van der Waals surface area contributed by atoms with Crippen LogP contribution in [0.3, 0.4) is 0 Å². The van der Waals surface area contributed by atoms with Gasteiger partial charge in [0, 0.05) is 43.1 Å². The molecule has 4 nitrogen and oxygen atoms in total. The van der Waals surface area contributed by atoms with Crippen LogP contribution in [0.5, 0.6) is 0 Å². The average Bonchev–Trinajstić information content (AvgIpc) is 2.80. The Bertz CT molecular complexity index is 416. The van der Waals surface area contributed by atoms with E-state index in [9.17, 15) is 0 Å². The summed E-state index contributed by atoms with van der Waals surface area (Å²) in [6.07, 6.45) is 8.56. The molecule has 1 saturated heterocycles. The van der Waals surface area contributed by atoms with Gasteiger partial charge in [0.15, 0.2) is 0 Å². The predicted octanol–water partition coefficient (Wildman–Crippen LogP) is 1.78. The molecule has 0 aromatic carbocycles. The molecule has 0 spiro atoms. The molecule has 1 aliphatic carbocycles. The minimum Gasteiger partial charge on any atom is -0.381 e. The zero-order valence-electron chi connectivity index (χ0n) is 10.8. The molecule has 0 saturated carbocycles. The van der Waals surface area contributed by atoms with Crippen LogP contribution in [0.15, 0.2) is 6.20 Å². The smallest absolute Gasteiger partial charge is 0.128 e. The molecule has 0 amide bonds. The molecule has 2 atom stereocenters. The lowest BCUT2D eigenvalue weighted by molar-refractivity contribution is 0.185. The number of aryl methyl sites for hydroxylation is 1. The van der Waals surface area contributed by atoms with E-state index in [1.165, 1.54) is 24.1 Å². The molecule has 0 bridgehead atoms. The van der Waals surface area contributed by atoms with Crippen molar-refractivity contribution in [1.82, 2.24) is 9.97 Å². The molecular weight excluding hydrogens is 226 g/mol. The molecule has 2 N–H and O–H groups in total. The third-order valence-corrected chi connectivity index (χ3v) is 4.02. The summed E-state index contributed by atoms with van der Waals surface area (Å²) in [5.74, 6) is 1.57. The highest BCUT2D eigenvalue weighted by Crippen LogP contribution is 2.25. The van der Waals surface area contributed by atoms with Crippen LogP contribution < -0.4 is 5.73 Å².